The van der Waals surface area contributed by atoms with E-state index in [1.54, 1.807) is 42.5 Å². The molecular formula is C28H20Cl2F3NO4. The van der Waals surface area contributed by atoms with Crippen LogP contribution in [0.4, 0.5) is 13.2 Å². The third-order valence-electron chi connectivity index (χ3n) is 5.86. The molecule has 2 N–H and O–H groups in total. The molecule has 1 atom stereocenters. The fraction of sp³-hybridized carbons (Fsp3) is 0.143. The molecule has 0 aliphatic rings. The van der Waals surface area contributed by atoms with E-state index in [0.29, 0.717) is 16.5 Å². The third kappa shape index (κ3) is 6.20. The van der Waals surface area contributed by atoms with Crippen LogP contribution in [0.2, 0.25) is 10.0 Å². The third-order valence-corrected chi connectivity index (χ3v) is 6.57. The summed E-state index contributed by atoms with van der Waals surface area (Å²) in [5.41, 5.74) is 0.104. The second-order valence-electron chi connectivity index (χ2n) is 8.42. The van der Waals surface area contributed by atoms with Crippen LogP contribution >= 0.6 is 23.2 Å². The highest BCUT2D eigenvalue weighted by Gasteiger charge is 2.30. The molecule has 5 nitrogen and oxygen atoms in total. The highest BCUT2D eigenvalue weighted by molar-refractivity contribution is 6.36. The molecule has 0 saturated heterocycles. The van der Waals surface area contributed by atoms with Crippen LogP contribution in [0.1, 0.15) is 27.0 Å². The number of rotatable bonds is 8. The van der Waals surface area contributed by atoms with Crippen molar-refractivity contribution in [3.8, 4) is 5.75 Å². The van der Waals surface area contributed by atoms with Gasteiger partial charge < -0.3 is 15.2 Å². The van der Waals surface area contributed by atoms with Gasteiger partial charge in [0.1, 0.15) is 18.4 Å². The van der Waals surface area contributed by atoms with Crippen LogP contribution in [0.5, 0.6) is 5.75 Å². The predicted molar refractivity (Wildman–Crippen MR) is 139 cm³/mol. The summed E-state index contributed by atoms with van der Waals surface area (Å²) in [5.74, 6) is -1.84. The molecule has 1 amide bonds. The fourth-order valence-electron chi connectivity index (χ4n) is 3.89. The van der Waals surface area contributed by atoms with E-state index < -0.39 is 29.7 Å². The molecular weight excluding hydrogens is 542 g/mol. The summed E-state index contributed by atoms with van der Waals surface area (Å²) in [6.07, 6.45) is -4.62. The van der Waals surface area contributed by atoms with Crippen molar-refractivity contribution in [2.75, 3.05) is 0 Å². The predicted octanol–water partition coefficient (Wildman–Crippen LogP) is 7.17. The second-order valence-corrected chi connectivity index (χ2v) is 9.23. The Morgan fingerprint density at radius 1 is 0.895 bits per heavy atom. The van der Waals surface area contributed by atoms with Crippen LogP contribution in [0.15, 0.2) is 78.9 Å². The van der Waals surface area contributed by atoms with Crippen molar-refractivity contribution in [2.24, 2.45) is 0 Å². The Balaban J connectivity index is 1.62. The number of carbonyl (C=O) groups is 2. The first kappa shape index (κ1) is 27.3. The number of hydrogen-bond acceptors (Lipinski definition) is 3. The van der Waals surface area contributed by atoms with Gasteiger partial charge in [-0.15, -0.1) is 0 Å². The maximum atomic E-state index is 13.3. The Hall–Kier alpha value is -3.75. The zero-order valence-corrected chi connectivity index (χ0v) is 21.1. The molecule has 4 aromatic carbocycles. The van der Waals surface area contributed by atoms with Crippen molar-refractivity contribution in [2.45, 2.75) is 25.2 Å². The van der Waals surface area contributed by atoms with Gasteiger partial charge in [0.2, 0.25) is 0 Å². The van der Waals surface area contributed by atoms with E-state index in [1.807, 2.05) is 6.07 Å². The summed E-state index contributed by atoms with van der Waals surface area (Å²) in [7, 11) is 0. The number of hydrogen-bond donors (Lipinski definition) is 2. The van der Waals surface area contributed by atoms with E-state index in [0.717, 1.165) is 17.5 Å². The van der Waals surface area contributed by atoms with E-state index in [9.17, 15) is 27.9 Å². The number of nitrogens with one attached hydrogen (secondary N) is 1. The number of halogens is 5. The normalized spacial score (nSPS) is 12.2. The maximum absolute atomic E-state index is 13.3. The zero-order chi connectivity index (χ0) is 27.4. The molecule has 196 valence electrons. The molecule has 0 heterocycles. The summed E-state index contributed by atoms with van der Waals surface area (Å²) in [4.78, 5) is 25.3. The van der Waals surface area contributed by atoms with Crippen LogP contribution in [0.25, 0.3) is 10.8 Å². The summed E-state index contributed by atoms with van der Waals surface area (Å²) >= 11 is 12.4. The first-order chi connectivity index (χ1) is 18.0. The van der Waals surface area contributed by atoms with Crippen molar-refractivity contribution in [3.05, 3.63) is 111 Å². The zero-order valence-electron chi connectivity index (χ0n) is 19.6. The summed E-state index contributed by atoms with van der Waals surface area (Å²) < 4.78 is 44.6. The van der Waals surface area contributed by atoms with Crippen LogP contribution in [-0.4, -0.2) is 23.0 Å². The SMILES string of the molecule is O=C(NC(Cc1c(Cl)cccc1Cl)C(=O)O)c1ccc2ccccc2c1OCc1ccc(C(F)(F)F)cc1. The second kappa shape index (κ2) is 11.3. The van der Waals surface area contributed by atoms with Gasteiger partial charge in [-0.05, 0) is 46.8 Å². The monoisotopic (exact) mass is 561 g/mol. The lowest BCUT2D eigenvalue weighted by molar-refractivity contribution is -0.139. The van der Waals surface area contributed by atoms with Gasteiger partial charge in [0.15, 0.2) is 0 Å². The molecule has 0 radical (unpaired) electrons. The Bertz CT molecular complexity index is 1470. The number of aliphatic carboxylic acids is 1. The van der Waals surface area contributed by atoms with Crippen LogP contribution in [0.3, 0.4) is 0 Å². The highest BCUT2D eigenvalue weighted by atomic mass is 35.5. The standard InChI is InChI=1S/C28H20Cl2F3NO4/c29-22-6-3-7-23(30)21(22)14-24(27(36)37)34-26(35)20-13-10-17-4-1-2-5-19(17)25(20)38-15-16-8-11-18(12-9-16)28(31,32)33/h1-13,24H,14-15H2,(H,34,35)(H,36,37). The van der Waals surface area contributed by atoms with Gasteiger partial charge in [0.25, 0.3) is 5.91 Å². The minimum absolute atomic E-state index is 0.0621. The largest absolute Gasteiger partial charge is 0.487 e. The van der Waals surface area contributed by atoms with Gasteiger partial charge in [-0.25, -0.2) is 4.79 Å². The lowest BCUT2D eigenvalue weighted by Crippen LogP contribution is -2.42. The Labute approximate surface area is 225 Å². The van der Waals surface area contributed by atoms with Gasteiger partial charge in [0, 0.05) is 21.9 Å². The lowest BCUT2D eigenvalue weighted by Gasteiger charge is -2.19. The van der Waals surface area contributed by atoms with Crippen molar-refractivity contribution in [1.29, 1.82) is 0 Å². The maximum Gasteiger partial charge on any atom is 0.416 e. The molecule has 38 heavy (non-hydrogen) atoms. The summed E-state index contributed by atoms with van der Waals surface area (Å²) in [5, 5.41) is 14.1. The molecule has 4 rings (SSSR count). The molecule has 0 aromatic heterocycles. The van der Waals surface area contributed by atoms with E-state index in [1.165, 1.54) is 18.2 Å². The van der Waals surface area contributed by atoms with E-state index >= 15 is 0 Å². The molecule has 4 aromatic rings. The molecule has 0 saturated carbocycles. The quantitative estimate of drug-likeness (QED) is 0.239. The van der Waals surface area contributed by atoms with Crippen LogP contribution < -0.4 is 10.1 Å². The smallest absolute Gasteiger partial charge is 0.416 e. The molecule has 0 fully saturated rings. The van der Waals surface area contributed by atoms with Crippen LogP contribution in [-0.2, 0) is 24.0 Å². The van der Waals surface area contributed by atoms with Gasteiger partial charge in [0.05, 0.1) is 11.1 Å². The number of alkyl halides is 3. The van der Waals surface area contributed by atoms with Gasteiger partial charge in [-0.2, -0.15) is 13.2 Å². The number of carboxylic acids is 1. The molecule has 0 bridgehead atoms. The number of amides is 1. The lowest BCUT2D eigenvalue weighted by atomic mass is 10.0. The molecule has 0 aliphatic carbocycles. The highest BCUT2D eigenvalue weighted by Crippen LogP contribution is 2.32. The minimum atomic E-state index is -4.46. The van der Waals surface area contributed by atoms with Crippen molar-refractivity contribution in [1.82, 2.24) is 5.32 Å². The van der Waals surface area contributed by atoms with E-state index in [-0.39, 0.29) is 34.4 Å². The Morgan fingerprint density at radius 2 is 1.55 bits per heavy atom. The first-order valence-corrected chi connectivity index (χ1v) is 12.1. The number of fused-ring (bicyclic) bond motifs is 1. The molecule has 0 aliphatic heterocycles. The number of carbonyl (C=O) groups excluding carboxylic acids is 1. The summed E-state index contributed by atoms with van der Waals surface area (Å²) in [6.45, 7) is -0.121. The minimum Gasteiger partial charge on any atom is -0.487 e. The van der Waals surface area contributed by atoms with Crippen molar-refractivity contribution >= 4 is 45.9 Å². The molecule has 10 heteroatoms. The Kier molecular flexibility index (Phi) is 8.14. The average Bonchev–Trinajstić information content (AvgIpc) is 2.88. The van der Waals surface area contributed by atoms with Gasteiger partial charge in [-0.1, -0.05) is 71.7 Å². The van der Waals surface area contributed by atoms with E-state index in [4.69, 9.17) is 27.9 Å². The Morgan fingerprint density at radius 3 is 2.18 bits per heavy atom. The van der Waals surface area contributed by atoms with Gasteiger partial charge in [-0.3, -0.25) is 4.79 Å². The number of carboxylic acid groups (broad SMARTS) is 1. The van der Waals surface area contributed by atoms with Gasteiger partial charge >= 0.3 is 12.1 Å². The summed E-state index contributed by atoms with van der Waals surface area (Å²) in [6, 6.07) is 18.2. The van der Waals surface area contributed by atoms with Crippen molar-refractivity contribution < 1.29 is 32.6 Å². The first-order valence-electron chi connectivity index (χ1n) is 11.3. The molecule has 0 spiro atoms. The van der Waals surface area contributed by atoms with E-state index in [2.05, 4.69) is 5.32 Å². The van der Waals surface area contributed by atoms with Crippen LogP contribution in [0, 0.1) is 0 Å². The average molecular weight is 562 g/mol. The number of ether oxygens (including phenoxy) is 1. The molecule has 1 unspecified atom stereocenters. The topological polar surface area (TPSA) is 75.6 Å². The fourth-order valence-corrected chi connectivity index (χ4v) is 4.44. The van der Waals surface area contributed by atoms with Crippen molar-refractivity contribution in [3.63, 3.8) is 0 Å². The number of benzene rings is 4.